The van der Waals surface area contributed by atoms with Crippen LogP contribution in [0.3, 0.4) is 0 Å². The number of esters is 1. The number of rotatable bonds is 3. The quantitative estimate of drug-likeness (QED) is 0.789. The van der Waals surface area contributed by atoms with Crippen LogP contribution in [-0.4, -0.2) is 46.1 Å². The van der Waals surface area contributed by atoms with Gasteiger partial charge in [-0.1, -0.05) is 11.6 Å². The first kappa shape index (κ1) is 15.1. The van der Waals surface area contributed by atoms with Crippen LogP contribution < -0.4 is 4.90 Å². The number of hydrogen-bond donors (Lipinski definition) is 0. The third kappa shape index (κ3) is 2.73. The van der Waals surface area contributed by atoms with Gasteiger partial charge in [0.25, 0.3) is 0 Å². The zero-order valence-electron chi connectivity index (χ0n) is 10.9. The summed E-state index contributed by atoms with van der Waals surface area (Å²) < 4.78 is 40.8. The number of methoxy groups -OCH3 is 1. The van der Waals surface area contributed by atoms with E-state index < -0.39 is 26.9 Å². The Morgan fingerprint density at radius 2 is 2.05 bits per heavy atom. The van der Waals surface area contributed by atoms with Crippen molar-refractivity contribution < 1.29 is 22.3 Å². The molecule has 0 unspecified atom stereocenters. The fraction of sp³-hybridized carbons (Fsp3) is 0.417. The van der Waals surface area contributed by atoms with Crippen LogP contribution >= 0.6 is 11.6 Å². The molecule has 1 aromatic carbocycles. The number of anilines is 1. The van der Waals surface area contributed by atoms with E-state index in [9.17, 15) is 17.6 Å². The van der Waals surface area contributed by atoms with E-state index in [4.69, 9.17) is 11.6 Å². The van der Waals surface area contributed by atoms with Crippen molar-refractivity contribution in [2.45, 2.75) is 5.25 Å². The minimum Gasteiger partial charge on any atom is -0.465 e. The fourth-order valence-electron chi connectivity index (χ4n) is 1.97. The van der Waals surface area contributed by atoms with Crippen LogP contribution in [0, 0.1) is 5.82 Å². The molecule has 8 heteroatoms. The van der Waals surface area contributed by atoms with E-state index in [1.54, 1.807) is 4.90 Å². The standard InChI is InChI=1S/C12H13ClFNO4S/c1-19-12(16)9-3-7(14)4-10(11(9)13)15-5-8(6-15)20(2,17)18/h3-4,8H,5-6H2,1-2H3. The van der Waals surface area contributed by atoms with Crippen LogP contribution in [0.5, 0.6) is 0 Å². The minimum absolute atomic E-state index is 0.0604. The van der Waals surface area contributed by atoms with Crippen LogP contribution in [0.15, 0.2) is 12.1 Å². The Hall–Kier alpha value is -1.34. The van der Waals surface area contributed by atoms with Gasteiger partial charge in [0.1, 0.15) is 5.82 Å². The molecule has 1 aliphatic heterocycles. The Morgan fingerprint density at radius 1 is 1.45 bits per heavy atom. The molecule has 0 aliphatic carbocycles. The summed E-state index contributed by atoms with van der Waals surface area (Å²) in [6, 6.07) is 2.17. The highest BCUT2D eigenvalue weighted by atomic mass is 35.5. The second-order valence-electron chi connectivity index (χ2n) is 4.63. The minimum atomic E-state index is -3.13. The topological polar surface area (TPSA) is 63.7 Å². The number of nitrogens with zero attached hydrogens (tertiary/aromatic N) is 1. The number of carbonyl (C=O) groups is 1. The average Bonchev–Trinajstić information content (AvgIpc) is 2.28. The third-order valence-electron chi connectivity index (χ3n) is 3.22. The molecule has 0 radical (unpaired) electrons. The van der Waals surface area contributed by atoms with Crippen molar-refractivity contribution in [3.05, 3.63) is 28.5 Å². The van der Waals surface area contributed by atoms with Gasteiger partial charge in [-0.05, 0) is 12.1 Å². The van der Waals surface area contributed by atoms with Crippen molar-refractivity contribution in [2.24, 2.45) is 0 Å². The predicted molar refractivity (Wildman–Crippen MR) is 73.6 cm³/mol. The number of hydrogen-bond acceptors (Lipinski definition) is 5. The van der Waals surface area contributed by atoms with Crippen molar-refractivity contribution in [3.63, 3.8) is 0 Å². The van der Waals surface area contributed by atoms with Crippen molar-refractivity contribution in [1.29, 1.82) is 0 Å². The number of benzene rings is 1. The smallest absolute Gasteiger partial charge is 0.339 e. The lowest BCUT2D eigenvalue weighted by Gasteiger charge is -2.40. The molecule has 2 rings (SSSR count). The summed E-state index contributed by atoms with van der Waals surface area (Å²) in [6.45, 7) is 0.450. The van der Waals surface area contributed by atoms with Crippen molar-refractivity contribution >= 4 is 33.1 Å². The molecule has 0 N–H and O–H groups in total. The first-order chi connectivity index (χ1) is 9.24. The van der Waals surface area contributed by atoms with Gasteiger partial charge in [0.15, 0.2) is 9.84 Å². The van der Waals surface area contributed by atoms with Gasteiger partial charge in [0.05, 0.1) is 28.6 Å². The van der Waals surface area contributed by atoms with E-state index >= 15 is 0 Å². The van der Waals surface area contributed by atoms with Crippen LogP contribution in [0.1, 0.15) is 10.4 Å². The predicted octanol–water partition coefficient (Wildman–Crippen LogP) is 1.50. The van der Waals surface area contributed by atoms with E-state index in [1.807, 2.05) is 0 Å². The first-order valence-corrected chi connectivity index (χ1v) is 8.08. The highest BCUT2D eigenvalue weighted by molar-refractivity contribution is 7.91. The van der Waals surface area contributed by atoms with Crippen molar-refractivity contribution in [3.8, 4) is 0 Å². The lowest BCUT2D eigenvalue weighted by molar-refractivity contribution is 0.0600. The summed E-state index contributed by atoms with van der Waals surface area (Å²) in [4.78, 5) is 13.1. The average molecular weight is 322 g/mol. The monoisotopic (exact) mass is 321 g/mol. The Kier molecular flexibility index (Phi) is 3.93. The molecule has 0 bridgehead atoms. The van der Waals surface area contributed by atoms with Gasteiger partial charge in [-0.25, -0.2) is 17.6 Å². The number of sulfone groups is 1. The van der Waals surface area contributed by atoms with Crippen LogP contribution in [0.4, 0.5) is 10.1 Å². The SMILES string of the molecule is COC(=O)c1cc(F)cc(N2CC(S(C)(=O)=O)C2)c1Cl. The maximum Gasteiger partial charge on any atom is 0.339 e. The van der Waals surface area contributed by atoms with E-state index in [0.29, 0.717) is 5.69 Å². The highest BCUT2D eigenvalue weighted by Crippen LogP contribution is 2.34. The van der Waals surface area contributed by atoms with E-state index in [0.717, 1.165) is 12.3 Å². The molecule has 0 amide bonds. The maximum atomic E-state index is 13.5. The molecule has 110 valence electrons. The molecular weight excluding hydrogens is 309 g/mol. The first-order valence-electron chi connectivity index (χ1n) is 5.75. The summed E-state index contributed by atoms with van der Waals surface area (Å²) in [6.07, 6.45) is 1.15. The summed E-state index contributed by atoms with van der Waals surface area (Å²) in [7, 11) is -1.96. The van der Waals surface area contributed by atoms with Gasteiger partial charge in [0, 0.05) is 19.3 Å². The Bertz CT molecular complexity index is 656. The van der Waals surface area contributed by atoms with Crippen LogP contribution in [0.25, 0.3) is 0 Å². The summed E-state index contributed by atoms with van der Waals surface area (Å²) in [5, 5.41) is -0.436. The van der Waals surface area contributed by atoms with Gasteiger partial charge >= 0.3 is 5.97 Å². The van der Waals surface area contributed by atoms with Gasteiger partial charge < -0.3 is 9.64 Å². The number of halogens is 2. The summed E-state index contributed by atoms with van der Waals surface area (Å²) in [5.74, 6) is -1.37. The molecule has 5 nitrogen and oxygen atoms in total. The Labute approximate surface area is 121 Å². The number of carbonyl (C=O) groups excluding carboxylic acids is 1. The second kappa shape index (κ2) is 5.21. The fourth-order valence-corrected chi connectivity index (χ4v) is 3.18. The molecule has 0 aromatic heterocycles. The van der Waals surface area contributed by atoms with E-state index in [-0.39, 0.29) is 23.7 Å². The van der Waals surface area contributed by atoms with E-state index in [1.165, 1.54) is 13.2 Å². The largest absolute Gasteiger partial charge is 0.465 e. The molecule has 20 heavy (non-hydrogen) atoms. The number of ether oxygens (including phenoxy) is 1. The van der Waals surface area contributed by atoms with Crippen molar-refractivity contribution in [2.75, 3.05) is 31.4 Å². The molecule has 1 heterocycles. The highest BCUT2D eigenvalue weighted by Gasteiger charge is 2.36. The summed E-state index contributed by atoms with van der Waals surface area (Å²) in [5.41, 5.74) is 0.221. The zero-order valence-corrected chi connectivity index (χ0v) is 12.5. The van der Waals surface area contributed by atoms with E-state index in [2.05, 4.69) is 4.74 Å². The lowest BCUT2D eigenvalue weighted by Crippen LogP contribution is -2.54. The molecule has 1 fully saturated rings. The molecule has 0 spiro atoms. The van der Waals surface area contributed by atoms with Gasteiger partial charge in [-0.15, -0.1) is 0 Å². The normalized spacial score (nSPS) is 15.9. The van der Waals surface area contributed by atoms with Crippen molar-refractivity contribution in [1.82, 2.24) is 0 Å². The van der Waals surface area contributed by atoms with Gasteiger partial charge in [0.2, 0.25) is 0 Å². The summed E-state index contributed by atoms with van der Waals surface area (Å²) >= 11 is 6.07. The molecule has 1 aromatic rings. The third-order valence-corrected chi connectivity index (χ3v) is 5.12. The van der Waals surface area contributed by atoms with Crippen LogP contribution in [-0.2, 0) is 14.6 Å². The Balaban J connectivity index is 2.31. The van der Waals surface area contributed by atoms with Gasteiger partial charge in [-0.3, -0.25) is 0 Å². The second-order valence-corrected chi connectivity index (χ2v) is 7.34. The van der Waals surface area contributed by atoms with Gasteiger partial charge in [-0.2, -0.15) is 0 Å². The molecular formula is C12H13ClFNO4S. The molecule has 0 saturated carbocycles. The maximum absolute atomic E-state index is 13.5. The Morgan fingerprint density at radius 3 is 2.55 bits per heavy atom. The molecule has 1 aliphatic rings. The molecule has 1 saturated heterocycles. The lowest BCUT2D eigenvalue weighted by atomic mass is 10.1. The zero-order chi connectivity index (χ0) is 15.1. The molecule has 0 atom stereocenters. The van der Waals surface area contributed by atoms with Crippen LogP contribution in [0.2, 0.25) is 5.02 Å².